The van der Waals surface area contributed by atoms with E-state index in [1.807, 2.05) is 12.1 Å². The molecule has 1 N–H and O–H groups in total. The second kappa shape index (κ2) is 20.7. The van der Waals surface area contributed by atoms with E-state index >= 15 is 0 Å². The van der Waals surface area contributed by atoms with E-state index in [0.717, 1.165) is 67.8 Å². The standard InChI is InChI=1S/C23H32F2O3.C22H30F2O3/c1-2-3-16-4-6-18(7-5-16)23(14-12-17(13-15-23)21(26)27)19-8-10-20(11-9-19)28-22(24)25;1-2-15-3-5-16(6-4-15)17-7-9-18(10-8-17)21(25)26-19-11-13-20(14-12-19)27-22(23)24/h8-11,16-18,22H,2-7,12-15H2,1H3,(H,26,27);11-18,22H,2-10H2,1H3/t16?,17-,18?,23+;15-,16-,17-,18-. The number of esters is 1. The molecule has 0 bridgehead atoms. The van der Waals surface area contributed by atoms with Crippen molar-refractivity contribution in [1.29, 1.82) is 0 Å². The molecule has 0 aliphatic heterocycles. The van der Waals surface area contributed by atoms with Gasteiger partial charge in [-0.15, -0.1) is 0 Å². The molecule has 4 saturated carbocycles. The molecule has 6 rings (SSSR count). The summed E-state index contributed by atoms with van der Waals surface area (Å²) >= 11 is 0. The number of carboxylic acids is 1. The molecule has 55 heavy (non-hydrogen) atoms. The van der Waals surface area contributed by atoms with Crippen LogP contribution >= 0.6 is 0 Å². The third-order valence-electron chi connectivity index (χ3n) is 13.7. The molecule has 0 unspecified atom stereocenters. The van der Waals surface area contributed by atoms with Crippen molar-refractivity contribution in [2.75, 3.05) is 0 Å². The molecular weight excluding hydrogens is 712 g/mol. The Morgan fingerprint density at radius 1 is 0.636 bits per heavy atom. The highest BCUT2D eigenvalue weighted by Gasteiger charge is 2.45. The molecule has 2 aromatic rings. The van der Waals surface area contributed by atoms with Gasteiger partial charge in [-0.25, -0.2) is 0 Å². The second-order valence-corrected chi connectivity index (χ2v) is 16.7. The first-order valence-electron chi connectivity index (χ1n) is 21.0. The number of halogens is 4. The van der Waals surface area contributed by atoms with Crippen molar-refractivity contribution in [2.24, 2.45) is 41.4 Å². The maximum Gasteiger partial charge on any atom is 0.387 e. The topological polar surface area (TPSA) is 82.1 Å². The Bertz CT molecular complexity index is 1430. The first kappa shape index (κ1) is 42.8. The zero-order valence-corrected chi connectivity index (χ0v) is 32.8. The summed E-state index contributed by atoms with van der Waals surface area (Å²) in [4.78, 5) is 23.9. The highest BCUT2D eigenvalue weighted by molar-refractivity contribution is 5.75. The van der Waals surface area contributed by atoms with Crippen LogP contribution in [0.4, 0.5) is 17.6 Å². The molecule has 0 saturated heterocycles. The van der Waals surface area contributed by atoms with Crippen LogP contribution in [-0.4, -0.2) is 30.3 Å². The second-order valence-electron chi connectivity index (χ2n) is 16.7. The Morgan fingerprint density at radius 2 is 1.11 bits per heavy atom. The van der Waals surface area contributed by atoms with Gasteiger partial charge in [-0.3, -0.25) is 9.59 Å². The van der Waals surface area contributed by atoms with Gasteiger partial charge in [0.15, 0.2) is 0 Å². The summed E-state index contributed by atoms with van der Waals surface area (Å²) in [6, 6.07) is 12.9. The number of carbonyl (C=O) groups is 2. The third-order valence-corrected chi connectivity index (χ3v) is 13.7. The van der Waals surface area contributed by atoms with Crippen molar-refractivity contribution in [2.45, 2.75) is 154 Å². The number of ether oxygens (including phenoxy) is 3. The zero-order chi connectivity index (χ0) is 39.4. The monoisotopic (exact) mass is 774 g/mol. The van der Waals surface area contributed by atoms with Crippen molar-refractivity contribution >= 4 is 11.9 Å². The van der Waals surface area contributed by atoms with Crippen molar-refractivity contribution in [1.82, 2.24) is 0 Å². The zero-order valence-electron chi connectivity index (χ0n) is 32.8. The van der Waals surface area contributed by atoms with Crippen molar-refractivity contribution in [3.63, 3.8) is 0 Å². The molecule has 0 aromatic heterocycles. The summed E-state index contributed by atoms with van der Waals surface area (Å²) in [5, 5.41) is 9.42. The summed E-state index contributed by atoms with van der Waals surface area (Å²) in [7, 11) is 0. The normalized spacial score (nSPS) is 29.9. The van der Waals surface area contributed by atoms with E-state index in [9.17, 15) is 32.3 Å². The van der Waals surface area contributed by atoms with Gasteiger partial charge in [-0.2, -0.15) is 17.6 Å². The average Bonchev–Trinajstić information content (AvgIpc) is 3.19. The van der Waals surface area contributed by atoms with Crippen molar-refractivity contribution < 1.29 is 46.5 Å². The van der Waals surface area contributed by atoms with E-state index in [-0.39, 0.29) is 34.7 Å². The third kappa shape index (κ3) is 12.1. The number of rotatable bonds is 13. The molecule has 6 nitrogen and oxygen atoms in total. The molecule has 10 heteroatoms. The number of aliphatic carboxylic acids is 1. The van der Waals surface area contributed by atoms with E-state index in [2.05, 4.69) is 23.3 Å². The first-order chi connectivity index (χ1) is 26.5. The Balaban J connectivity index is 0.000000211. The van der Waals surface area contributed by atoms with Crippen LogP contribution in [0.5, 0.6) is 17.2 Å². The number of carboxylic acid groups (broad SMARTS) is 1. The van der Waals surface area contributed by atoms with Crippen LogP contribution < -0.4 is 14.2 Å². The van der Waals surface area contributed by atoms with E-state index in [1.165, 1.54) is 94.9 Å². The van der Waals surface area contributed by atoms with E-state index in [0.29, 0.717) is 24.5 Å². The van der Waals surface area contributed by atoms with Gasteiger partial charge in [0.1, 0.15) is 17.2 Å². The number of alkyl halides is 4. The summed E-state index contributed by atoms with van der Waals surface area (Å²) in [5.41, 5.74) is 1.13. The molecule has 4 aliphatic rings. The van der Waals surface area contributed by atoms with Gasteiger partial charge < -0.3 is 19.3 Å². The van der Waals surface area contributed by atoms with Crippen molar-refractivity contribution in [3.8, 4) is 17.2 Å². The van der Waals surface area contributed by atoms with Gasteiger partial charge in [0.2, 0.25) is 0 Å². The summed E-state index contributed by atoms with van der Waals surface area (Å²) in [6.07, 6.45) is 21.2. The van der Waals surface area contributed by atoms with E-state index < -0.39 is 19.2 Å². The Hall–Kier alpha value is -3.30. The Morgan fingerprint density at radius 3 is 1.58 bits per heavy atom. The smallest absolute Gasteiger partial charge is 0.387 e. The molecule has 0 atom stereocenters. The first-order valence-corrected chi connectivity index (χ1v) is 21.0. The number of benzene rings is 2. The minimum atomic E-state index is -2.86. The molecule has 4 fully saturated rings. The average molecular weight is 775 g/mol. The molecule has 0 radical (unpaired) electrons. The molecular formula is C45H62F4O6. The predicted octanol–water partition coefficient (Wildman–Crippen LogP) is 12.6. The Labute approximate surface area is 325 Å². The Kier molecular flexibility index (Phi) is 16.2. The molecule has 2 aromatic carbocycles. The minimum Gasteiger partial charge on any atom is -0.481 e. The molecule has 306 valence electrons. The van der Waals surface area contributed by atoms with Crippen LogP contribution in [0.2, 0.25) is 0 Å². The van der Waals surface area contributed by atoms with Crippen LogP contribution in [0.25, 0.3) is 0 Å². The van der Waals surface area contributed by atoms with Crippen molar-refractivity contribution in [3.05, 3.63) is 54.1 Å². The highest BCUT2D eigenvalue weighted by Crippen LogP contribution is 2.52. The summed E-state index contributed by atoms with van der Waals surface area (Å²) < 4.78 is 63.6. The lowest BCUT2D eigenvalue weighted by Gasteiger charge is -2.48. The molecule has 0 spiro atoms. The quantitative estimate of drug-likeness (QED) is 0.124. The van der Waals surface area contributed by atoms with Crippen LogP contribution in [0.15, 0.2) is 48.5 Å². The van der Waals surface area contributed by atoms with Gasteiger partial charge in [0, 0.05) is 0 Å². The fraction of sp³-hybridized carbons (Fsp3) is 0.689. The molecule has 0 amide bonds. The fourth-order valence-corrected chi connectivity index (χ4v) is 10.5. The lowest BCUT2D eigenvalue weighted by Crippen LogP contribution is -2.42. The van der Waals surface area contributed by atoms with Crippen LogP contribution in [0, 0.1) is 41.4 Å². The van der Waals surface area contributed by atoms with Crippen LogP contribution in [-0.2, 0) is 15.0 Å². The summed E-state index contributed by atoms with van der Waals surface area (Å²) in [6.45, 7) is -1.14. The predicted molar refractivity (Wildman–Crippen MR) is 205 cm³/mol. The van der Waals surface area contributed by atoms with Gasteiger partial charge in [-0.1, -0.05) is 70.9 Å². The van der Waals surface area contributed by atoms with Gasteiger partial charge in [0.25, 0.3) is 0 Å². The maximum atomic E-state index is 12.5. The lowest BCUT2D eigenvalue weighted by atomic mass is 9.56. The van der Waals surface area contributed by atoms with Gasteiger partial charge >= 0.3 is 25.2 Å². The van der Waals surface area contributed by atoms with Crippen LogP contribution in [0.3, 0.4) is 0 Å². The van der Waals surface area contributed by atoms with E-state index in [1.54, 1.807) is 12.1 Å². The highest BCUT2D eigenvalue weighted by atomic mass is 19.3. The summed E-state index contributed by atoms with van der Waals surface area (Å²) in [5.74, 6) is 3.29. The fourth-order valence-electron chi connectivity index (χ4n) is 10.5. The SMILES string of the molecule is CCCC1CCC([C@]2(c3ccc(OC(F)F)cc3)CC[C@@H](C(=O)O)CC2)CC1.CC[C@H]1CC[C@H]([C@H]2CC[C@H](C(=O)Oc3ccc(OC(F)F)cc3)CC2)CC1. The molecule has 4 aliphatic carbocycles. The van der Waals surface area contributed by atoms with Crippen LogP contribution in [0.1, 0.15) is 141 Å². The lowest BCUT2D eigenvalue weighted by molar-refractivity contribution is -0.143. The minimum absolute atomic E-state index is 0.0352. The van der Waals surface area contributed by atoms with Gasteiger partial charge in [0.05, 0.1) is 11.8 Å². The largest absolute Gasteiger partial charge is 0.481 e. The molecule has 0 heterocycles. The number of hydrogen-bond acceptors (Lipinski definition) is 5. The number of carbonyl (C=O) groups excluding carboxylic acids is 1. The van der Waals surface area contributed by atoms with Gasteiger partial charge in [-0.05, 0) is 154 Å². The number of hydrogen-bond donors (Lipinski definition) is 1. The maximum absolute atomic E-state index is 12.5. The van der Waals surface area contributed by atoms with E-state index in [4.69, 9.17) is 4.74 Å².